The van der Waals surface area contributed by atoms with Gasteiger partial charge in [-0.15, -0.1) is 0 Å². The largest absolute Gasteiger partial charge is 0.296 e. The second kappa shape index (κ2) is 13.5. The van der Waals surface area contributed by atoms with E-state index < -0.39 is 117 Å². The van der Waals surface area contributed by atoms with Crippen LogP contribution in [0, 0.1) is 0 Å². The molecule has 2 aromatic carbocycles. The number of rotatable bonds is 11. The molecule has 0 saturated heterocycles. The fourth-order valence-corrected chi connectivity index (χ4v) is 7.55. The molecule has 0 atom stereocenters. The monoisotopic (exact) mass is 786 g/mol. The summed E-state index contributed by atoms with van der Waals surface area (Å²) in [5.41, 5.74) is -5.49. The Hall–Kier alpha value is -5.21. The first kappa shape index (κ1) is 38.6. The van der Waals surface area contributed by atoms with Crippen molar-refractivity contribution in [1.82, 2.24) is 9.78 Å². The average Bonchev–Trinajstić information content (AvgIpc) is 3.50. The number of H-pyrrole nitrogens is 1. The lowest BCUT2D eigenvalue weighted by atomic mass is 10.1. The molecular formula is C27H22N4O16S4. The van der Waals surface area contributed by atoms with Crippen molar-refractivity contribution in [2.24, 2.45) is 5.10 Å². The van der Waals surface area contributed by atoms with Crippen LogP contribution in [0.15, 0.2) is 95.8 Å². The summed E-state index contributed by atoms with van der Waals surface area (Å²) in [6.07, 6.45) is 5.22. The number of para-hydroxylation sites is 2. The molecule has 0 saturated carbocycles. The number of ketones is 2. The van der Waals surface area contributed by atoms with Crippen molar-refractivity contribution in [2.45, 2.75) is 33.4 Å². The molecule has 3 aromatic rings. The summed E-state index contributed by atoms with van der Waals surface area (Å²) in [6, 6.07) is 4.55. The van der Waals surface area contributed by atoms with E-state index in [4.69, 9.17) is 0 Å². The number of aromatic amines is 1. The molecule has 20 nitrogen and oxygen atoms in total. The predicted octanol–water partition coefficient (Wildman–Crippen LogP) is 0.843. The molecule has 0 aliphatic carbocycles. The summed E-state index contributed by atoms with van der Waals surface area (Å²) in [5, 5.41) is 6.13. The third-order valence-electron chi connectivity index (χ3n) is 6.71. The molecule has 0 spiro atoms. The summed E-state index contributed by atoms with van der Waals surface area (Å²) < 4.78 is 135. The molecule has 51 heavy (non-hydrogen) atoms. The minimum atomic E-state index is -5.24. The quantitative estimate of drug-likeness (QED) is 0.0778. The molecule has 0 bridgehead atoms. The fourth-order valence-electron chi connectivity index (χ4n) is 4.64. The number of carbonyl (C=O) groups is 3. The highest BCUT2D eigenvalue weighted by Gasteiger charge is 2.39. The number of anilines is 1. The smallest absolute Gasteiger partial charge is 0.293 e. The van der Waals surface area contributed by atoms with E-state index in [9.17, 15) is 71.1 Å². The van der Waals surface area contributed by atoms with E-state index in [1.165, 1.54) is 0 Å². The molecule has 1 aromatic heterocycles. The van der Waals surface area contributed by atoms with Gasteiger partial charge in [-0.1, -0.05) is 30.4 Å². The van der Waals surface area contributed by atoms with Gasteiger partial charge >= 0.3 is 0 Å². The maximum atomic E-state index is 13.4. The minimum Gasteiger partial charge on any atom is -0.293 e. The number of benzene rings is 2. The van der Waals surface area contributed by atoms with Gasteiger partial charge in [0.25, 0.3) is 51.9 Å². The zero-order chi connectivity index (χ0) is 38.4. The van der Waals surface area contributed by atoms with E-state index in [0.717, 1.165) is 68.5 Å². The Morgan fingerprint density at radius 2 is 1.14 bits per heavy atom. The van der Waals surface area contributed by atoms with Crippen LogP contribution in [-0.2, 0) is 50.1 Å². The molecule has 0 unspecified atom stereocenters. The molecule has 1 aliphatic rings. The van der Waals surface area contributed by atoms with Gasteiger partial charge in [0, 0.05) is 13.8 Å². The number of hydrazone groups is 1. The maximum absolute atomic E-state index is 13.4. The minimum absolute atomic E-state index is 0.172. The van der Waals surface area contributed by atoms with E-state index in [1.54, 1.807) is 0 Å². The normalized spacial score (nSPS) is 15.3. The Balaban J connectivity index is 1.81. The van der Waals surface area contributed by atoms with Crippen LogP contribution in [0.25, 0.3) is 11.8 Å². The van der Waals surface area contributed by atoms with Crippen LogP contribution in [0.4, 0.5) is 5.69 Å². The van der Waals surface area contributed by atoms with Crippen LogP contribution in [0.1, 0.15) is 29.9 Å². The maximum Gasteiger partial charge on any atom is 0.296 e. The summed E-state index contributed by atoms with van der Waals surface area (Å²) in [7, 11) is -20.9. The van der Waals surface area contributed by atoms with Crippen LogP contribution < -0.4 is 10.6 Å². The number of aromatic nitrogens is 2. The highest BCUT2D eigenvalue weighted by Crippen LogP contribution is 2.36. The van der Waals surface area contributed by atoms with E-state index >= 15 is 0 Å². The molecule has 5 N–H and O–H groups in total. The Labute approximate surface area is 287 Å². The number of allylic oxidation sites excluding steroid dienone is 4. The number of carbonyl (C=O) groups excluding carboxylic acids is 3. The van der Waals surface area contributed by atoms with Gasteiger partial charge < -0.3 is 0 Å². The molecule has 270 valence electrons. The number of nitrogens with zero attached hydrogens (tertiary/aromatic N) is 3. The van der Waals surface area contributed by atoms with Gasteiger partial charge in [0.1, 0.15) is 42.4 Å². The van der Waals surface area contributed by atoms with Crippen LogP contribution in [0.5, 0.6) is 0 Å². The van der Waals surface area contributed by atoms with Gasteiger partial charge in [0.05, 0.1) is 11.1 Å². The van der Waals surface area contributed by atoms with E-state index in [2.05, 4.69) is 10.2 Å². The topological polar surface area (TPSA) is 322 Å². The van der Waals surface area contributed by atoms with E-state index in [1.807, 2.05) is 0 Å². The first-order valence-corrected chi connectivity index (χ1v) is 19.1. The van der Waals surface area contributed by atoms with Crippen LogP contribution in [0.3, 0.4) is 0 Å². The van der Waals surface area contributed by atoms with Crippen molar-refractivity contribution in [3.63, 3.8) is 0 Å². The number of hydrogen-bond acceptors (Lipinski definition) is 13. The predicted molar refractivity (Wildman–Crippen MR) is 174 cm³/mol. The Morgan fingerprint density at radius 3 is 1.55 bits per heavy atom. The van der Waals surface area contributed by atoms with Gasteiger partial charge in [-0.25, -0.2) is 4.68 Å². The van der Waals surface area contributed by atoms with Crippen molar-refractivity contribution in [3.8, 4) is 5.69 Å². The van der Waals surface area contributed by atoms with Crippen molar-refractivity contribution < 1.29 is 66.3 Å². The summed E-state index contributed by atoms with van der Waals surface area (Å²) >= 11 is 0. The second-order valence-electron chi connectivity index (χ2n) is 10.1. The second-order valence-corrected chi connectivity index (χ2v) is 15.7. The Morgan fingerprint density at radius 1 is 0.686 bits per heavy atom. The van der Waals surface area contributed by atoms with Gasteiger partial charge in [-0.2, -0.15) is 43.8 Å². The molecule has 24 heteroatoms. The number of hydrogen-bond donors (Lipinski definition) is 5. The van der Waals surface area contributed by atoms with Crippen LogP contribution in [0.2, 0.25) is 0 Å². The number of amides is 1. The van der Waals surface area contributed by atoms with Gasteiger partial charge in [0.15, 0.2) is 11.6 Å². The lowest BCUT2D eigenvalue weighted by molar-refractivity contribution is -0.115. The standard InChI is InChI=1S/C27H22N4O16S4/c1-14(32)22-16(26(34)30(28-22)24-18(48(36,37)38)10-6-11-19(24)49(39,40)41)8-4-3-5-9-17-23(15(2)33)29-31(27(17)35)25-20(50(42,43)44)12-7-13-21(25)51(45,46)47/h3-13,28H,1-2H3,(H,36,37,38)(H,39,40,41)(H,42,43,44)(H,45,46,47). The Bertz CT molecular complexity index is 2580. The zero-order valence-corrected chi connectivity index (χ0v) is 28.8. The molecular weight excluding hydrogens is 765 g/mol. The number of Topliss-reactive ketones (excluding diaryl/α,β-unsaturated/α-hetero) is 2. The lowest BCUT2D eigenvalue weighted by Gasteiger charge is -2.17. The summed E-state index contributed by atoms with van der Waals surface area (Å²) in [5.74, 6) is -2.97. The Kier molecular flexibility index (Phi) is 10.2. The van der Waals surface area contributed by atoms with E-state index in [0.29, 0.717) is 16.8 Å². The molecule has 4 rings (SSSR count). The van der Waals surface area contributed by atoms with Crippen molar-refractivity contribution >= 4 is 75.4 Å². The highest BCUT2D eigenvalue weighted by molar-refractivity contribution is 7.87. The van der Waals surface area contributed by atoms with Crippen molar-refractivity contribution in [3.05, 3.63) is 87.9 Å². The highest BCUT2D eigenvalue weighted by atomic mass is 32.2. The number of nitrogens with one attached hydrogen (secondary N) is 1. The van der Waals surface area contributed by atoms with E-state index in [-0.39, 0.29) is 5.01 Å². The van der Waals surface area contributed by atoms with Gasteiger partial charge in [0.2, 0.25) is 0 Å². The lowest BCUT2D eigenvalue weighted by Crippen LogP contribution is -2.25. The van der Waals surface area contributed by atoms with Gasteiger partial charge in [-0.05, 0) is 36.4 Å². The average molecular weight is 787 g/mol. The molecule has 2 heterocycles. The van der Waals surface area contributed by atoms with Crippen LogP contribution in [-0.4, -0.2) is 84.8 Å². The van der Waals surface area contributed by atoms with Crippen molar-refractivity contribution in [2.75, 3.05) is 5.01 Å². The van der Waals surface area contributed by atoms with Crippen molar-refractivity contribution in [1.29, 1.82) is 0 Å². The summed E-state index contributed by atoms with van der Waals surface area (Å²) in [6.45, 7) is 1.94. The SMILES string of the molecule is CC(=O)C1=NN(c2c(S(=O)(=O)O)cccc2S(=O)(=O)O)C(=O)C1=CC=CC=Cc1c(C(C)=O)[nH]n(-c2c(S(=O)(=O)O)cccc2S(=O)(=O)O)c1=O. The molecule has 1 amide bonds. The fraction of sp³-hybridized carbons (Fsp3) is 0.0741. The molecule has 1 aliphatic heterocycles. The van der Waals surface area contributed by atoms with Crippen LogP contribution >= 0.6 is 0 Å². The summed E-state index contributed by atoms with van der Waals surface area (Å²) in [4.78, 5) is 46.9. The first-order chi connectivity index (χ1) is 23.4. The third kappa shape index (κ3) is 7.76. The molecule has 0 radical (unpaired) electrons. The molecule has 0 fully saturated rings. The first-order valence-electron chi connectivity index (χ1n) is 13.4. The van der Waals surface area contributed by atoms with Gasteiger partial charge in [-0.3, -0.25) is 42.5 Å². The zero-order valence-electron chi connectivity index (χ0n) is 25.5. The third-order valence-corrected chi connectivity index (χ3v) is 10.2.